The van der Waals surface area contributed by atoms with Crippen molar-refractivity contribution in [3.63, 3.8) is 0 Å². The third kappa shape index (κ3) is 2.72. The molecule has 0 atom stereocenters. The van der Waals surface area contributed by atoms with E-state index >= 15 is 0 Å². The van der Waals surface area contributed by atoms with Gasteiger partial charge in [-0.05, 0) is 41.1 Å². The lowest BCUT2D eigenvalue weighted by Gasteiger charge is -2.11. The first-order valence-electron chi connectivity index (χ1n) is 5.12. The van der Waals surface area contributed by atoms with Crippen LogP contribution in [-0.4, -0.2) is 9.97 Å². The lowest BCUT2D eigenvalue weighted by Crippen LogP contribution is -2.11. The van der Waals surface area contributed by atoms with E-state index in [1.165, 1.54) is 6.33 Å². The maximum Gasteiger partial charge on any atom is 0.148 e. The van der Waals surface area contributed by atoms with Crippen LogP contribution in [0.25, 0.3) is 0 Å². The number of nitrogens with two attached hydrogens (primary N) is 1. The Kier molecular flexibility index (Phi) is 4.00. The molecule has 0 saturated heterocycles. The number of halogens is 2. The van der Waals surface area contributed by atoms with Crippen LogP contribution in [-0.2, 0) is 0 Å². The van der Waals surface area contributed by atoms with Crippen molar-refractivity contribution in [1.82, 2.24) is 9.97 Å². The average molecular weight is 329 g/mol. The zero-order valence-corrected chi connectivity index (χ0v) is 11.9. The van der Waals surface area contributed by atoms with Crippen molar-refractivity contribution < 1.29 is 0 Å². The molecular weight excluding hydrogens is 318 g/mol. The van der Waals surface area contributed by atoms with E-state index in [1.807, 2.05) is 25.1 Å². The first-order chi connectivity index (χ1) is 8.61. The fraction of sp³-hybridized carbons (Fsp3) is 0.0909. The Hall–Kier alpha value is -1.37. The molecule has 5 nitrogen and oxygen atoms in total. The molecule has 0 radical (unpaired) electrons. The van der Waals surface area contributed by atoms with Crippen LogP contribution in [0.3, 0.4) is 0 Å². The van der Waals surface area contributed by atoms with E-state index in [9.17, 15) is 0 Å². The summed E-state index contributed by atoms with van der Waals surface area (Å²) in [4.78, 5) is 8.17. The summed E-state index contributed by atoms with van der Waals surface area (Å²) in [6.45, 7) is 1.87. The number of nitrogens with zero attached hydrogens (tertiary/aromatic N) is 2. The second kappa shape index (κ2) is 5.51. The van der Waals surface area contributed by atoms with Crippen LogP contribution >= 0.6 is 27.5 Å². The highest BCUT2D eigenvalue weighted by atomic mass is 79.9. The molecule has 7 heteroatoms. The third-order valence-electron chi connectivity index (χ3n) is 2.40. The second-order valence-electron chi connectivity index (χ2n) is 3.59. The van der Waals surface area contributed by atoms with E-state index in [2.05, 4.69) is 36.6 Å². The van der Waals surface area contributed by atoms with Gasteiger partial charge in [0.05, 0.1) is 5.02 Å². The normalized spacial score (nSPS) is 10.2. The third-order valence-corrected chi connectivity index (χ3v) is 3.64. The Balaban J connectivity index is 2.31. The Morgan fingerprint density at radius 2 is 2.00 bits per heavy atom. The number of anilines is 3. The molecular formula is C11H11BrClN5. The number of hydrogen-bond donors (Lipinski definition) is 3. The van der Waals surface area contributed by atoms with Crippen LogP contribution in [0.2, 0.25) is 5.02 Å². The molecule has 0 amide bonds. The van der Waals surface area contributed by atoms with Crippen molar-refractivity contribution in [3.8, 4) is 0 Å². The molecule has 18 heavy (non-hydrogen) atoms. The molecule has 4 N–H and O–H groups in total. The van der Waals surface area contributed by atoms with Gasteiger partial charge in [0.25, 0.3) is 0 Å². The number of benzene rings is 1. The van der Waals surface area contributed by atoms with E-state index in [0.29, 0.717) is 16.7 Å². The number of nitrogens with one attached hydrogen (secondary N) is 2. The molecule has 0 aliphatic rings. The van der Waals surface area contributed by atoms with Gasteiger partial charge in [0.2, 0.25) is 0 Å². The summed E-state index contributed by atoms with van der Waals surface area (Å²) in [5.41, 5.74) is 4.19. The standard InChI is InChI=1S/C11H11BrClN5/c1-6-10(15-5-16-11(6)18-14)17-7-2-3-8(12)9(13)4-7/h2-5H,14H2,1H3,(H2,15,16,17,18). The van der Waals surface area contributed by atoms with Gasteiger partial charge in [-0.3, -0.25) is 0 Å². The first-order valence-corrected chi connectivity index (χ1v) is 6.29. The summed E-state index contributed by atoms with van der Waals surface area (Å²) in [5.74, 6) is 6.62. The molecule has 0 saturated carbocycles. The van der Waals surface area contributed by atoms with Crippen LogP contribution in [0.4, 0.5) is 17.3 Å². The van der Waals surface area contributed by atoms with Crippen molar-refractivity contribution in [3.05, 3.63) is 39.6 Å². The van der Waals surface area contributed by atoms with Gasteiger partial charge in [0.1, 0.15) is 18.0 Å². The Bertz CT molecular complexity index is 575. The summed E-state index contributed by atoms with van der Waals surface area (Å²) < 4.78 is 0.846. The zero-order valence-electron chi connectivity index (χ0n) is 9.54. The fourth-order valence-electron chi connectivity index (χ4n) is 1.43. The predicted octanol–water partition coefficient (Wildman–Crippen LogP) is 3.23. The number of nitrogen functional groups attached to an aromatic ring is 1. The van der Waals surface area contributed by atoms with E-state index in [-0.39, 0.29) is 0 Å². The van der Waals surface area contributed by atoms with Gasteiger partial charge in [-0.2, -0.15) is 0 Å². The number of hydrogen-bond acceptors (Lipinski definition) is 5. The van der Waals surface area contributed by atoms with Gasteiger partial charge in [0, 0.05) is 15.7 Å². The molecule has 94 valence electrons. The summed E-state index contributed by atoms with van der Waals surface area (Å²) in [6.07, 6.45) is 1.44. The molecule has 0 spiro atoms. The van der Waals surface area contributed by atoms with Crippen LogP contribution < -0.4 is 16.6 Å². The quantitative estimate of drug-likeness (QED) is 0.596. The molecule has 0 unspecified atom stereocenters. The van der Waals surface area contributed by atoms with Crippen LogP contribution in [0.5, 0.6) is 0 Å². The molecule has 2 rings (SSSR count). The summed E-state index contributed by atoms with van der Waals surface area (Å²) in [6, 6.07) is 5.57. The highest BCUT2D eigenvalue weighted by Gasteiger charge is 2.07. The summed E-state index contributed by atoms with van der Waals surface area (Å²) >= 11 is 9.37. The minimum atomic E-state index is 0.579. The Morgan fingerprint density at radius 1 is 1.28 bits per heavy atom. The average Bonchev–Trinajstić information content (AvgIpc) is 2.36. The Labute approximate surface area is 118 Å². The number of aromatic nitrogens is 2. The lowest BCUT2D eigenvalue weighted by molar-refractivity contribution is 1.11. The lowest BCUT2D eigenvalue weighted by atomic mass is 10.3. The van der Waals surface area contributed by atoms with Crippen LogP contribution in [0.15, 0.2) is 29.0 Å². The smallest absolute Gasteiger partial charge is 0.148 e. The maximum atomic E-state index is 6.03. The molecule has 0 aliphatic heterocycles. The minimum Gasteiger partial charge on any atom is -0.340 e. The summed E-state index contributed by atoms with van der Waals surface area (Å²) in [7, 11) is 0. The van der Waals surface area contributed by atoms with Crippen LogP contribution in [0.1, 0.15) is 5.56 Å². The molecule has 0 aliphatic carbocycles. The first kappa shape index (κ1) is 13.1. The van der Waals surface area contributed by atoms with Crippen molar-refractivity contribution in [2.45, 2.75) is 6.92 Å². The van der Waals surface area contributed by atoms with E-state index in [0.717, 1.165) is 15.7 Å². The van der Waals surface area contributed by atoms with Crippen molar-refractivity contribution >= 4 is 44.9 Å². The SMILES string of the molecule is Cc1c(NN)ncnc1Nc1ccc(Br)c(Cl)c1. The van der Waals surface area contributed by atoms with Crippen molar-refractivity contribution in [1.29, 1.82) is 0 Å². The molecule has 0 fully saturated rings. The molecule has 1 heterocycles. The monoisotopic (exact) mass is 327 g/mol. The van der Waals surface area contributed by atoms with Gasteiger partial charge in [0.15, 0.2) is 0 Å². The largest absolute Gasteiger partial charge is 0.340 e. The Morgan fingerprint density at radius 3 is 2.67 bits per heavy atom. The molecule has 1 aromatic heterocycles. The maximum absolute atomic E-state index is 6.03. The van der Waals surface area contributed by atoms with Gasteiger partial charge in [-0.15, -0.1) is 0 Å². The van der Waals surface area contributed by atoms with Gasteiger partial charge >= 0.3 is 0 Å². The van der Waals surface area contributed by atoms with E-state index < -0.39 is 0 Å². The number of hydrazine groups is 1. The zero-order chi connectivity index (χ0) is 13.1. The topological polar surface area (TPSA) is 75.9 Å². The minimum absolute atomic E-state index is 0.579. The number of rotatable bonds is 3. The molecule has 1 aromatic carbocycles. The van der Waals surface area contributed by atoms with Crippen molar-refractivity contribution in [2.75, 3.05) is 10.7 Å². The van der Waals surface area contributed by atoms with Crippen LogP contribution in [0, 0.1) is 6.92 Å². The second-order valence-corrected chi connectivity index (χ2v) is 4.86. The molecule has 2 aromatic rings. The highest BCUT2D eigenvalue weighted by Crippen LogP contribution is 2.28. The van der Waals surface area contributed by atoms with Crippen molar-refractivity contribution in [2.24, 2.45) is 5.84 Å². The van der Waals surface area contributed by atoms with E-state index in [4.69, 9.17) is 17.4 Å². The van der Waals surface area contributed by atoms with E-state index in [1.54, 1.807) is 0 Å². The molecule has 0 bridgehead atoms. The predicted molar refractivity (Wildman–Crippen MR) is 77.0 cm³/mol. The highest BCUT2D eigenvalue weighted by molar-refractivity contribution is 9.10. The van der Waals surface area contributed by atoms with Gasteiger partial charge in [-0.25, -0.2) is 15.8 Å². The summed E-state index contributed by atoms with van der Waals surface area (Å²) in [5, 5.41) is 3.79. The van der Waals surface area contributed by atoms with Gasteiger partial charge < -0.3 is 10.7 Å². The van der Waals surface area contributed by atoms with Gasteiger partial charge in [-0.1, -0.05) is 11.6 Å². The fourth-order valence-corrected chi connectivity index (χ4v) is 1.86.